The number of hydrogen-bond acceptors (Lipinski definition) is 6. The van der Waals surface area contributed by atoms with Gasteiger partial charge in [0.05, 0.1) is 5.57 Å². The van der Waals surface area contributed by atoms with E-state index >= 15 is 0 Å². The molecule has 2 N–H and O–H groups in total. The fourth-order valence-electron chi connectivity index (χ4n) is 5.01. The van der Waals surface area contributed by atoms with Crippen molar-refractivity contribution in [2.45, 2.75) is 37.4 Å². The highest BCUT2D eigenvalue weighted by Crippen LogP contribution is 2.38. The topological polar surface area (TPSA) is 81.1 Å². The summed E-state index contributed by atoms with van der Waals surface area (Å²) in [5.74, 6) is 0.922. The van der Waals surface area contributed by atoms with Crippen molar-refractivity contribution in [1.29, 1.82) is 0 Å². The first-order valence-corrected chi connectivity index (χ1v) is 15.4. The van der Waals surface area contributed by atoms with E-state index in [0.29, 0.717) is 44.5 Å². The van der Waals surface area contributed by atoms with E-state index in [-0.39, 0.29) is 18.3 Å². The van der Waals surface area contributed by atoms with Crippen molar-refractivity contribution >= 4 is 40.9 Å². The average molecular weight is 626 g/mol. The standard InChI is InChI=1S/C34H29ClFN5O2S/c1-21-10-3-8-17-29(21)38-32(42)30-22(2)37-33-39-34(44-20-25-12-5-7-16-28(25)36)40-41(33)31(30)23-13-9-14-26(18-23)43-19-24-11-4-6-15-27(24)35/h3-18,31H,19-20H2,1-2H3,(H,38,42)(H,37,39,40). The number of fused-ring (bicyclic) bond motifs is 1. The molecule has 1 atom stereocenters. The van der Waals surface area contributed by atoms with Crippen LogP contribution < -0.4 is 15.4 Å². The van der Waals surface area contributed by atoms with Crippen molar-refractivity contribution in [2.75, 3.05) is 10.6 Å². The molecule has 0 saturated carbocycles. The van der Waals surface area contributed by atoms with Gasteiger partial charge in [0.2, 0.25) is 11.1 Å². The Hall–Kier alpha value is -4.60. The van der Waals surface area contributed by atoms with Crippen LogP contribution in [0.25, 0.3) is 0 Å². The number of allylic oxidation sites excluding steroid dienone is 1. The molecule has 0 bridgehead atoms. The van der Waals surface area contributed by atoms with Gasteiger partial charge in [0.1, 0.15) is 24.2 Å². The molecule has 7 nitrogen and oxygen atoms in total. The molecule has 0 spiro atoms. The molecule has 2 heterocycles. The van der Waals surface area contributed by atoms with Crippen molar-refractivity contribution < 1.29 is 13.9 Å². The minimum absolute atomic E-state index is 0.265. The molecule has 1 aliphatic heterocycles. The van der Waals surface area contributed by atoms with E-state index in [1.54, 1.807) is 22.9 Å². The molecule has 1 amide bonds. The minimum Gasteiger partial charge on any atom is -0.489 e. The van der Waals surface area contributed by atoms with Gasteiger partial charge in [-0.05, 0) is 60.9 Å². The van der Waals surface area contributed by atoms with Gasteiger partial charge in [-0.25, -0.2) is 9.07 Å². The van der Waals surface area contributed by atoms with Crippen LogP contribution in [0.4, 0.5) is 16.0 Å². The summed E-state index contributed by atoms with van der Waals surface area (Å²) in [4.78, 5) is 18.6. The lowest BCUT2D eigenvalue weighted by Gasteiger charge is -2.29. The highest BCUT2D eigenvalue weighted by Gasteiger charge is 2.35. The van der Waals surface area contributed by atoms with Crippen LogP contribution in [-0.4, -0.2) is 20.7 Å². The summed E-state index contributed by atoms with van der Waals surface area (Å²) in [5, 5.41) is 12.2. The third-order valence-electron chi connectivity index (χ3n) is 7.31. The maximum absolute atomic E-state index is 14.3. The molecule has 44 heavy (non-hydrogen) atoms. The lowest BCUT2D eigenvalue weighted by molar-refractivity contribution is -0.113. The zero-order valence-electron chi connectivity index (χ0n) is 24.1. The molecule has 10 heteroatoms. The maximum Gasteiger partial charge on any atom is 0.255 e. The van der Waals surface area contributed by atoms with Gasteiger partial charge in [-0.15, -0.1) is 5.10 Å². The summed E-state index contributed by atoms with van der Waals surface area (Å²) >= 11 is 7.67. The van der Waals surface area contributed by atoms with Gasteiger partial charge in [0.25, 0.3) is 5.91 Å². The molecule has 1 aliphatic rings. The van der Waals surface area contributed by atoms with Gasteiger partial charge in [-0.2, -0.15) is 4.98 Å². The normalized spacial score (nSPS) is 14.1. The van der Waals surface area contributed by atoms with Crippen LogP contribution in [0.15, 0.2) is 113 Å². The van der Waals surface area contributed by atoms with E-state index in [4.69, 9.17) is 26.4 Å². The Kier molecular flexibility index (Phi) is 8.67. The first-order chi connectivity index (χ1) is 21.4. The molecule has 4 aromatic carbocycles. The number of nitrogens with one attached hydrogen (secondary N) is 2. The van der Waals surface area contributed by atoms with Gasteiger partial charge in [0.15, 0.2) is 0 Å². The van der Waals surface area contributed by atoms with Crippen LogP contribution in [-0.2, 0) is 17.2 Å². The monoisotopic (exact) mass is 625 g/mol. The van der Waals surface area contributed by atoms with Crippen molar-refractivity contribution in [3.05, 3.63) is 141 Å². The summed E-state index contributed by atoms with van der Waals surface area (Å²) in [6, 6.07) is 28.8. The second kappa shape index (κ2) is 13.0. The van der Waals surface area contributed by atoms with Crippen LogP contribution in [0.3, 0.4) is 0 Å². The Morgan fingerprint density at radius 2 is 1.75 bits per heavy atom. The molecular weight excluding hydrogens is 597 g/mol. The fraction of sp³-hybridized carbons (Fsp3) is 0.147. The van der Waals surface area contributed by atoms with Gasteiger partial charge >= 0.3 is 0 Å². The molecule has 0 fully saturated rings. The van der Waals surface area contributed by atoms with E-state index in [9.17, 15) is 9.18 Å². The van der Waals surface area contributed by atoms with Gasteiger partial charge in [-0.1, -0.05) is 90.1 Å². The quantitative estimate of drug-likeness (QED) is 0.161. The van der Waals surface area contributed by atoms with E-state index in [2.05, 4.69) is 10.6 Å². The third-order valence-corrected chi connectivity index (χ3v) is 8.57. The fourth-order valence-corrected chi connectivity index (χ4v) is 6.01. The Labute approximate surface area is 264 Å². The van der Waals surface area contributed by atoms with Crippen molar-refractivity contribution in [1.82, 2.24) is 14.8 Å². The highest BCUT2D eigenvalue weighted by atomic mass is 35.5. The predicted octanol–water partition coefficient (Wildman–Crippen LogP) is 8.18. The zero-order chi connectivity index (χ0) is 30.6. The number of halogens is 2. The predicted molar refractivity (Wildman–Crippen MR) is 172 cm³/mol. The SMILES string of the molecule is CC1=C(C(=O)Nc2ccccc2C)C(c2cccc(OCc3ccccc3Cl)c2)n2nc(SCc3ccccc3F)nc2N1. The molecule has 0 saturated heterocycles. The van der Waals surface area contributed by atoms with Crippen LogP contribution in [0, 0.1) is 12.7 Å². The van der Waals surface area contributed by atoms with Crippen LogP contribution in [0.5, 0.6) is 5.75 Å². The van der Waals surface area contributed by atoms with Gasteiger partial charge in [-0.3, -0.25) is 4.79 Å². The summed E-state index contributed by atoms with van der Waals surface area (Å²) in [5.41, 5.74) is 5.01. The van der Waals surface area contributed by atoms with E-state index in [1.807, 2.05) is 86.6 Å². The number of anilines is 2. The van der Waals surface area contributed by atoms with E-state index in [0.717, 1.165) is 22.4 Å². The zero-order valence-corrected chi connectivity index (χ0v) is 25.6. The molecule has 0 radical (unpaired) electrons. The van der Waals surface area contributed by atoms with Crippen LogP contribution >= 0.6 is 23.4 Å². The second-order valence-electron chi connectivity index (χ2n) is 10.3. The number of thioether (sulfide) groups is 1. The third kappa shape index (κ3) is 6.34. The Bertz CT molecular complexity index is 1870. The second-order valence-corrected chi connectivity index (χ2v) is 11.7. The first-order valence-electron chi connectivity index (χ1n) is 14.0. The lowest BCUT2D eigenvalue weighted by atomic mass is 9.94. The van der Waals surface area contributed by atoms with Crippen molar-refractivity contribution in [3.8, 4) is 5.75 Å². The number of amides is 1. The number of nitrogens with zero attached hydrogens (tertiary/aromatic N) is 3. The Balaban J connectivity index is 1.34. The number of aryl methyl sites for hydroxylation is 1. The summed E-state index contributed by atoms with van der Waals surface area (Å²) in [6.45, 7) is 4.08. The van der Waals surface area contributed by atoms with E-state index < -0.39 is 6.04 Å². The number of ether oxygens (including phenoxy) is 1. The largest absolute Gasteiger partial charge is 0.489 e. The van der Waals surface area contributed by atoms with Gasteiger partial charge in [0, 0.05) is 27.7 Å². The molecule has 1 unspecified atom stereocenters. The van der Waals surface area contributed by atoms with E-state index in [1.165, 1.54) is 17.8 Å². The summed E-state index contributed by atoms with van der Waals surface area (Å²) < 4.78 is 22.1. The smallest absolute Gasteiger partial charge is 0.255 e. The molecular formula is C34H29ClFN5O2S. The lowest BCUT2D eigenvalue weighted by Crippen LogP contribution is -2.31. The van der Waals surface area contributed by atoms with Crippen molar-refractivity contribution in [2.24, 2.45) is 0 Å². The molecule has 1 aromatic heterocycles. The molecule has 222 valence electrons. The number of aromatic nitrogens is 3. The molecule has 5 aromatic rings. The number of para-hydroxylation sites is 1. The minimum atomic E-state index is -0.616. The van der Waals surface area contributed by atoms with Crippen LogP contribution in [0.1, 0.15) is 35.2 Å². The van der Waals surface area contributed by atoms with Gasteiger partial charge < -0.3 is 15.4 Å². The van der Waals surface area contributed by atoms with Crippen LogP contribution in [0.2, 0.25) is 5.02 Å². The molecule has 0 aliphatic carbocycles. The Morgan fingerprint density at radius 3 is 2.55 bits per heavy atom. The number of hydrogen-bond donors (Lipinski definition) is 2. The summed E-state index contributed by atoms with van der Waals surface area (Å²) in [7, 11) is 0. The van der Waals surface area contributed by atoms with Crippen molar-refractivity contribution in [3.63, 3.8) is 0 Å². The highest BCUT2D eigenvalue weighted by molar-refractivity contribution is 7.98. The average Bonchev–Trinajstić information content (AvgIpc) is 3.43. The number of carbonyl (C=O) groups excluding carboxylic acids is 1. The number of rotatable bonds is 9. The maximum atomic E-state index is 14.3. The Morgan fingerprint density at radius 1 is 1.00 bits per heavy atom. The molecule has 6 rings (SSSR count). The number of carbonyl (C=O) groups is 1. The summed E-state index contributed by atoms with van der Waals surface area (Å²) in [6.07, 6.45) is 0. The number of benzene rings is 4. The first kappa shape index (κ1) is 29.5.